The van der Waals surface area contributed by atoms with Crippen LogP contribution >= 0.6 is 0 Å². The number of hydrogen-bond donors (Lipinski definition) is 1. The van der Waals surface area contributed by atoms with Crippen LogP contribution in [0.1, 0.15) is 19.8 Å². The van der Waals surface area contributed by atoms with Crippen LogP contribution in [0.25, 0.3) is 0 Å². The van der Waals surface area contributed by atoms with Gasteiger partial charge in [0.15, 0.2) is 5.75 Å². The Morgan fingerprint density at radius 1 is 1.20 bits per heavy atom. The van der Waals surface area contributed by atoms with Gasteiger partial charge in [-0.25, -0.2) is 8.42 Å². The van der Waals surface area contributed by atoms with Crippen molar-refractivity contribution in [1.82, 2.24) is 0 Å². The lowest BCUT2D eigenvalue weighted by Crippen LogP contribution is -2.16. The van der Waals surface area contributed by atoms with E-state index in [9.17, 15) is 13.5 Å². The van der Waals surface area contributed by atoms with Crippen molar-refractivity contribution in [3.05, 3.63) is 24.3 Å². The smallest absolute Gasteiger partial charge is 0.232 e. The van der Waals surface area contributed by atoms with Gasteiger partial charge in [0.2, 0.25) is 10.0 Å². The third kappa shape index (κ3) is 4.20. The van der Waals surface area contributed by atoms with Crippen LogP contribution in [0.15, 0.2) is 24.3 Å². The largest absolute Gasteiger partial charge is 0.290 e. The topological polar surface area (TPSA) is 66.1 Å². The summed E-state index contributed by atoms with van der Waals surface area (Å²) in [6.45, 7) is 1.93. The quantitative estimate of drug-likeness (QED) is 0.840. The molecule has 0 aromatic heterocycles. The molecule has 5 heteroatoms. The Morgan fingerprint density at radius 2 is 1.80 bits per heavy atom. The zero-order valence-electron chi connectivity index (χ0n) is 8.56. The van der Waals surface area contributed by atoms with Gasteiger partial charge in [-0.05, 0) is 30.7 Å². The third-order valence-electron chi connectivity index (χ3n) is 1.89. The molecule has 1 aromatic carbocycles. The van der Waals surface area contributed by atoms with Crippen LogP contribution < -0.4 is 4.72 Å². The molecule has 0 saturated heterocycles. The number of sulfonamides is 1. The van der Waals surface area contributed by atoms with Gasteiger partial charge in [-0.15, -0.1) is 0 Å². The van der Waals surface area contributed by atoms with E-state index in [1.807, 2.05) is 6.92 Å². The summed E-state index contributed by atoms with van der Waals surface area (Å²) in [4.78, 5) is 0. The van der Waals surface area contributed by atoms with E-state index >= 15 is 0 Å². The van der Waals surface area contributed by atoms with Gasteiger partial charge in [0.1, 0.15) is 0 Å². The Hall–Kier alpha value is -1.23. The second-order valence-corrected chi connectivity index (χ2v) is 5.14. The number of unbranched alkanes of at least 4 members (excludes halogenated alkanes) is 1. The second-order valence-electron chi connectivity index (χ2n) is 3.30. The molecule has 0 unspecified atom stereocenters. The predicted molar refractivity (Wildman–Crippen MR) is 58.9 cm³/mol. The minimum atomic E-state index is -3.26. The molecule has 0 fully saturated rings. The maximum Gasteiger partial charge on any atom is 0.232 e. The van der Waals surface area contributed by atoms with Crippen LogP contribution in [0, 0.1) is 0 Å². The average Bonchev–Trinajstić information content (AvgIpc) is 2.18. The van der Waals surface area contributed by atoms with Crippen LogP contribution in [-0.4, -0.2) is 14.2 Å². The standard InChI is InChI=1S/C10H14NO3S/c1-2-3-8-15(13,14)11-9-4-6-10(12)7-5-9/h4-7,11H,2-3,8H2,1H3. The highest BCUT2D eigenvalue weighted by atomic mass is 32.2. The van der Waals surface area contributed by atoms with Gasteiger partial charge < -0.3 is 0 Å². The van der Waals surface area contributed by atoms with Crippen LogP contribution in [0.2, 0.25) is 0 Å². The van der Waals surface area contributed by atoms with E-state index < -0.39 is 10.0 Å². The Kier molecular flexibility index (Phi) is 3.96. The summed E-state index contributed by atoms with van der Waals surface area (Å²) in [6.07, 6.45) is 1.47. The molecule has 1 rings (SSSR count). The minimum Gasteiger partial charge on any atom is -0.290 e. The molecule has 0 aliphatic heterocycles. The van der Waals surface area contributed by atoms with Crippen molar-refractivity contribution in [1.29, 1.82) is 0 Å². The average molecular weight is 228 g/mol. The van der Waals surface area contributed by atoms with E-state index in [1.165, 1.54) is 24.3 Å². The molecule has 0 aliphatic carbocycles. The molecule has 15 heavy (non-hydrogen) atoms. The molecule has 0 bridgehead atoms. The number of nitrogens with one attached hydrogen (secondary N) is 1. The lowest BCUT2D eigenvalue weighted by atomic mass is 10.3. The highest BCUT2D eigenvalue weighted by Crippen LogP contribution is 2.15. The molecule has 4 nitrogen and oxygen atoms in total. The van der Waals surface area contributed by atoms with Gasteiger partial charge >= 0.3 is 0 Å². The van der Waals surface area contributed by atoms with Gasteiger partial charge in [0, 0.05) is 5.69 Å². The van der Waals surface area contributed by atoms with Gasteiger partial charge in [-0.2, -0.15) is 0 Å². The van der Waals surface area contributed by atoms with Crippen molar-refractivity contribution in [2.24, 2.45) is 0 Å². The highest BCUT2D eigenvalue weighted by Gasteiger charge is 2.08. The maximum absolute atomic E-state index is 11.5. The predicted octanol–water partition coefficient (Wildman–Crippen LogP) is 2.37. The van der Waals surface area contributed by atoms with Crippen LogP contribution in [0.3, 0.4) is 0 Å². The summed E-state index contributed by atoms with van der Waals surface area (Å²) in [5, 5.41) is 10.8. The summed E-state index contributed by atoms with van der Waals surface area (Å²) in [6, 6.07) is 5.59. The highest BCUT2D eigenvalue weighted by molar-refractivity contribution is 7.92. The second kappa shape index (κ2) is 5.02. The molecular weight excluding hydrogens is 214 g/mol. The molecular formula is C10H14NO3S. The number of hydrogen-bond acceptors (Lipinski definition) is 2. The molecule has 0 heterocycles. The normalized spacial score (nSPS) is 11.3. The van der Waals surface area contributed by atoms with E-state index in [2.05, 4.69) is 4.72 Å². The first-order chi connectivity index (χ1) is 7.03. The van der Waals surface area contributed by atoms with Crippen LogP contribution in [0.4, 0.5) is 5.69 Å². The van der Waals surface area contributed by atoms with E-state index in [4.69, 9.17) is 0 Å². The molecule has 0 atom stereocenters. The molecule has 83 valence electrons. The Labute approximate surface area is 90.0 Å². The summed E-state index contributed by atoms with van der Waals surface area (Å²) in [7, 11) is -3.26. The minimum absolute atomic E-state index is 0.114. The number of benzene rings is 1. The monoisotopic (exact) mass is 228 g/mol. The van der Waals surface area contributed by atoms with E-state index in [1.54, 1.807) is 0 Å². The number of rotatable bonds is 5. The summed E-state index contributed by atoms with van der Waals surface area (Å²) in [5.74, 6) is -0.0191. The van der Waals surface area contributed by atoms with Gasteiger partial charge in [0.05, 0.1) is 5.75 Å². The van der Waals surface area contributed by atoms with Crippen molar-refractivity contribution in [2.45, 2.75) is 19.8 Å². The van der Waals surface area contributed by atoms with Gasteiger partial charge in [-0.3, -0.25) is 9.83 Å². The molecule has 1 radical (unpaired) electrons. The maximum atomic E-state index is 11.5. The van der Waals surface area contributed by atoms with Crippen molar-refractivity contribution in [3.63, 3.8) is 0 Å². The Balaban J connectivity index is 2.65. The summed E-state index contributed by atoms with van der Waals surface area (Å²) in [5.41, 5.74) is 0.436. The van der Waals surface area contributed by atoms with Crippen molar-refractivity contribution < 1.29 is 13.5 Å². The Bertz CT molecular complexity index is 397. The van der Waals surface area contributed by atoms with Gasteiger partial charge in [-0.1, -0.05) is 13.3 Å². The zero-order chi connectivity index (χ0) is 11.3. The SMILES string of the molecule is CCCCS(=O)(=O)Nc1ccc([O])cc1. The molecule has 0 spiro atoms. The first-order valence-electron chi connectivity index (χ1n) is 4.81. The summed E-state index contributed by atoms with van der Waals surface area (Å²) >= 11 is 0. The van der Waals surface area contributed by atoms with Crippen LogP contribution in [-0.2, 0) is 15.1 Å². The van der Waals surface area contributed by atoms with Gasteiger partial charge in [0.25, 0.3) is 0 Å². The zero-order valence-corrected chi connectivity index (χ0v) is 9.38. The van der Waals surface area contributed by atoms with E-state index in [0.717, 1.165) is 6.42 Å². The van der Waals surface area contributed by atoms with E-state index in [0.29, 0.717) is 12.1 Å². The van der Waals surface area contributed by atoms with Crippen LogP contribution in [0.5, 0.6) is 5.75 Å². The van der Waals surface area contributed by atoms with Crippen molar-refractivity contribution in [3.8, 4) is 5.75 Å². The lowest BCUT2D eigenvalue weighted by Gasteiger charge is -2.06. The molecule has 1 aromatic rings. The number of anilines is 1. The molecule has 0 amide bonds. The first kappa shape index (κ1) is 11.8. The molecule has 0 aliphatic rings. The first-order valence-corrected chi connectivity index (χ1v) is 6.46. The fourth-order valence-corrected chi connectivity index (χ4v) is 2.35. The molecule has 0 saturated carbocycles. The fraction of sp³-hybridized carbons (Fsp3) is 0.400. The van der Waals surface area contributed by atoms with Crippen molar-refractivity contribution in [2.75, 3.05) is 10.5 Å². The lowest BCUT2D eigenvalue weighted by molar-refractivity contribution is 0.355. The molecule has 1 N–H and O–H groups in total. The Morgan fingerprint density at radius 3 is 2.33 bits per heavy atom. The summed E-state index contributed by atoms with van der Waals surface area (Å²) < 4.78 is 25.3. The van der Waals surface area contributed by atoms with E-state index in [-0.39, 0.29) is 11.5 Å². The van der Waals surface area contributed by atoms with Crippen molar-refractivity contribution >= 4 is 15.7 Å². The fourth-order valence-electron chi connectivity index (χ4n) is 1.09. The third-order valence-corrected chi connectivity index (χ3v) is 3.27.